The van der Waals surface area contributed by atoms with Crippen molar-refractivity contribution in [2.24, 2.45) is 0 Å². The van der Waals surface area contributed by atoms with Crippen LogP contribution in [0.1, 0.15) is 51.7 Å². The van der Waals surface area contributed by atoms with E-state index in [2.05, 4.69) is 57.3 Å². The normalized spacial score (nSPS) is 11.8. The van der Waals surface area contributed by atoms with Gasteiger partial charge in [0.05, 0.1) is 0 Å². The molecule has 90 valence electrons. The molecule has 0 atom stereocenters. The summed E-state index contributed by atoms with van der Waals surface area (Å²) in [6.45, 7) is 9.95. The Balaban J connectivity index is 2.48. The molecule has 0 aromatic heterocycles. The molecule has 0 fully saturated rings. The van der Waals surface area contributed by atoms with Gasteiger partial charge in [-0.15, -0.1) is 0 Å². The fraction of sp³-hybridized carbons (Fsp3) is 0.600. The fourth-order valence-corrected chi connectivity index (χ4v) is 1.95. The predicted molar refractivity (Wildman–Crippen MR) is 71.6 cm³/mol. The van der Waals surface area contributed by atoms with Gasteiger partial charge < -0.3 is 5.32 Å². The molecule has 0 amide bonds. The molecule has 1 aromatic rings. The third-order valence-corrected chi connectivity index (χ3v) is 3.08. The van der Waals surface area contributed by atoms with Gasteiger partial charge in [0, 0.05) is 12.1 Å². The molecular formula is C15H25N. The summed E-state index contributed by atoms with van der Waals surface area (Å²) in [5.74, 6) is 0. The van der Waals surface area contributed by atoms with Crippen LogP contribution in [0.15, 0.2) is 24.3 Å². The molecule has 0 heterocycles. The molecule has 0 saturated heterocycles. The molecule has 0 aliphatic carbocycles. The number of nitrogens with one attached hydrogen (secondary N) is 1. The molecule has 0 aliphatic rings. The van der Waals surface area contributed by atoms with Crippen LogP contribution >= 0.6 is 0 Å². The molecule has 16 heavy (non-hydrogen) atoms. The largest absolute Gasteiger partial charge is 0.308 e. The Morgan fingerprint density at radius 3 is 2.06 bits per heavy atom. The molecule has 0 bridgehead atoms. The Morgan fingerprint density at radius 2 is 1.56 bits per heavy atom. The summed E-state index contributed by atoms with van der Waals surface area (Å²) in [6, 6.07) is 8.91. The second-order valence-electron chi connectivity index (χ2n) is 5.16. The molecule has 0 radical (unpaired) electrons. The van der Waals surface area contributed by atoms with Crippen LogP contribution in [0.5, 0.6) is 0 Å². The smallest absolute Gasteiger partial charge is 0.0210 e. The minimum absolute atomic E-state index is 0.248. The molecule has 1 rings (SSSR count). The maximum Gasteiger partial charge on any atom is 0.0210 e. The van der Waals surface area contributed by atoms with Gasteiger partial charge in [0.15, 0.2) is 0 Å². The third kappa shape index (κ3) is 4.36. The molecule has 0 unspecified atom stereocenters. The standard InChI is InChI=1S/C15H25N/c1-5-11-15(3,4)16-12-14-9-7-13(6-2)8-10-14/h7-10,16H,5-6,11-12H2,1-4H3. The van der Waals surface area contributed by atoms with E-state index in [1.807, 2.05) is 0 Å². The van der Waals surface area contributed by atoms with Crippen LogP contribution in [0.3, 0.4) is 0 Å². The van der Waals surface area contributed by atoms with Gasteiger partial charge in [-0.1, -0.05) is 44.5 Å². The van der Waals surface area contributed by atoms with Gasteiger partial charge in [-0.05, 0) is 37.8 Å². The monoisotopic (exact) mass is 219 g/mol. The van der Waals surface area contributed by atoms with Crippen molar-refractivity contribution < 1.29 is 0 Å². The molecule has 0 saturated carbocycles. The third-order valence-electron chi connectivity index (χ3n) is 3.08. The molecule has 1 N–H and O–H groups in total. The Morgan fingerprint density at radius 1 is 1.00 bits per heavy atom. The number of rotatable bonds is 6. The summed E-state index contributed by atoms with van der Waals surface area (Å²) in [4.78, 5) is 0. The second-order valence-corrected chi connectivity index (χ2v) is 5.16. The zero-order valence-electron chi connectivity index (χ0n) is 11.1. The van der Waals surface area contributed by atoms with E-state index in [9.17, 15) is 0 Å². The molecule has 1 aromatic carbocycles. The summed E-state index contributed by atoms with van der Waals surface area (Å²) >= 11 is 0. The lowest BCUT2D eigenvalue weighted by molar-refractivity contribution is 0.357. The summed E-state index contributed by atoms with van der Waals surface area (Å²) < 4.78 is 0. The van der Waals surface area contributed by atoms with Crippen LogP contribution in [0.25, 0.3) is 0 Å². The van der Waals surface area contributed by atoms with Crippen molar-refractivity contribution in [2.45, 2.75) is 59.0 Å². The van der Waals surface area contributed by atoms with Crippen molar-refractivity contribution in [1.82, 2.24) is 5.32 Å². The van der Waals surface area contributed by atoms with Gasteiger partial charge >= 0.3 is 0 Å². The van der Waals surface area contributed by atoms with E-state index in [1.54, 1.807) is 0 Å². The first-order valence-corrected chi connectivity index (χ1v) is 6.40. The summed E-state index contributed by atoms with van der Waals surface area (Å²) in [5.41, 5.74) is 3.04. The van der Waals surface area contributed by atoms with Crippen LogP contribution in [-0.4, -0.2) is 5.54 Å². The zero-order valence-corrected chi connectivity index (χ0v) is 11.1. The summed E-state index contributed by atoms with van der Waals surface area (Å²) in [6.07, 6.45) is 3.57. The Kier molecular flexibility index (Phi) is 5.01. The van der Waals surface area contributed by atoms with E-state index in [4.69, 9.17) is 0 Å². The highest BCUT2D eigenvalue weighted by Gasteiger charge is 2.14. The van der Waals surface area contributed by atoms with Gasteiger partial charge in [0.2, 0.25) is 0 Å². The maximum absolute atomic E-state index is 3.61. The van der Waals surface area contributed by atoms with Crippen LogP contribution in [0.4, 0.5) is 0 Å². The van der Waals surface area contributed by atoms with Crippen LogP contribution in [-0.2, 0) is 13.0 Å². The molecular weight excluding hydrogens is 194 g/mol. The number of benzene rings is 1. The molecule has 1 nitrogen and oxygen atoms in total. The van der Waals surface area contributed by atoms with Crippen LogP contribution in [0, 0.1) is 0 Å². The van der Waals surface area contributed by atoms with Crippen molar-refractivity contribution in [3.05, 3.63) is 35.4 Å². The first-order chi connectivity index (χ1) is 7.57. The van der Waals surface area contributed by atoms with Gasteiger partial charge in [0.1, 0.15) is 0 Å². The minimum atomic E-state index is 0.248. The highest BCUT2D eigenvalue weighted by molar-refractivity contribution is 5.22. The zero-order chi connectivity index (χ0) is 12.0. The van der Waals surface area contributed by atoms with Crippen molar-refractivity contribution >= 4 is 0 Å². The average Bonchev–Trinajstić information content (AvgIpc) is 2.27. The SMILES string of the molecule is CCCC(C)(C)NCc1ccc(CC)cc1. The number of hydrogen-bond donors (Lipinski definition) is 1. The van der Waals surface area contributed by atoms with E-state index in [0.717, 1.165) is 13.0 Å². The highest BCUT2D eigenvalue weighted by atomic mass is 14.9. The highest BCUT2D eigenvalue weighted by Crippen LogP contribution is 2.12. The predicted octanol–water partition coefficient (Wildman–Crippen LogP) is 3.92. The van der Waals surface area contributed by atoms with Gasteiger partial charge in [-0.25, -0.2) is 0 Å². The Bertz CT molecular complexity index is 298. The molecule has 1 heteroatoms. The lowest BCUT2D eigenvalue weighted by atomic mass is 9.98. The first kappa shape index (κ1) is 13.2. The minimum Gasteiger partial charge on any atom is -0.308 e. The average molecular weight is 219 g/mol. The Labute approximate surface area is 100 Å². The van der Waals surface area contributed by atoms with Gasteiger partial charge in [0.25, 0.3) is 0 Å². The Hall–Kier alpha value is -0.820. The summed E-state index contributed by atoms with van der Waals surface area (Å²) in [5, 5.41) is 3.61. The van der Waals surface area contributed by atoms with Crippen molar-refractivity contribution in [3.8, 4) is 0 Å². The maximum atomic E-state index is 3.61. The van der Waals surface area contributed by atoms with Crippen molar-refractivity contribution in [3.63, 3.8) is 0 Å². The fourth-order valence-electron chi connectivity index (χ4n) is 1.95. The van der Waals surface area contributed by atoms with Crippen molar-refractivity contribution in [2.75, 3.05) is 0 Å². The van der Waals surface area contributed by atoms with E-state index in [-0.39, 0.29) is 5.54 Å². The lowest BCUT2D eigenvalue weighted by Crippen LogP contribution is -2.38. The van der Waals surface area contributed by atoms with Crippen LogP contribution in [0.2, 0.25) is 0 Å². The number of aryl methyl sites for hydroxylation is 1. The quantitative estimate of drug-likeness (QED) is 0.764. The molecule has 0 spiro atoms. The van der Waals surface area contributed by atoms with E-state index < -0.39 is 0 Å². The second kappa shape index (κ2) is 6.05. The van der Waals surface area contributed by atoms with E-state index in [0.29, 0.717) is 0 Å². The van der Waals surface area contributed by atoms with Crippen LogP contribution < -0.4 is 5.32 Å². The molecule has 0 aliphatic heterocycles. The van der Waals surface area contributed by atoms with Crippen molar-refractivity contribution in [1.29, 1.82) is 0 Å². The topological polar surface area (TPSA) is 12.0 Å². The van der Waals surface area contributed by atoms with E-state index >= 15 is 0 Å². The van der Waals surface area contributed by atoms with E-state index in [1.165, 1.54) is 24.0 Å². The summed E-state index contributed by atoms with van der Waals surface area (Å²) in [7, 11) is 0. The van der Waals surface area contributed by atoms with Gasteiger partial charge in [-0.2, -0.15) is 0 Å². The van der Waals surface area contributed by atoms with Gasteiger partial charge in [-0.3, -0.25) is 0 Å². The first-order valence-electron chi connectivity index (χ1n) is 6.40. The number of hydrogen-bond acceptors (Lipinski definition) is 1. The lowest BCUT2D eigenvalue weighted by Gasteiger charge is -2.26.